The molecule has 2 rings (SSSR count). The standard InChI is InChI=1S/C22H30N2O3S/c1-17(2)24(4)28(26,27)21-14-12-20(13-15-21)16-23-22(25)7-5-6-19-10-8-18(3)9-11-19/h8-15,17H,5-7,16H2,1-4H3,(H,23,25). The van der Waals surface area contributed by atoms with Crippen LogP contribution in [0.1, 0.15) is 43.4 Å². The summed E-state index contributed by atoms with van der Waals surface area (Å²) in [4.78, 5) is 12.3. The summed E-state index contributed by atoms with van der Waals surface area (Å²) >= 11 is 0. The van der Waals surface area contributed by atoms with Gasteiger partial charge in [-0.25, -0.2) is 8.42 Å². The summed E-state index contributed by atoms with van der Waals surface area (Å²) in [5, 5.41) is 2.89. The van der Waals surface area contributed by atoms with Crippen LogP contribution in [0.15, 0.2) is 53.4 Å². The molecule has 0 saturated heterocycles. The van der Waals surface area contributed by atoms with Gasteiger partial charge in [0.15, 0.2) is 0 Å². The molecule has 0 radical (unpaired) electrons. The van der Waals surface area contributed by atoms with E-state index in [1.807, 2.05) is 13.8 Å². The zero-order valence-electron chi connectivity index (χ0n) is 17.1. The molecule has 28 heavy (non-hydrogen) atoms. The lowest BCUT2D eigenvalue weighted by molar-refractivity contribution is -0.121. The van der Waals surface area contributed by atoms with E-state index in [4.69, 9.17) is 0 Å². The van der Waals surface area contributed by atoms with Gasteiger partial charge in [0.1, 0.15) is 0 Å². The Morgan fingerprint density at radius 1 is 1.00 bits per heavy atom. The van der Waals surface area contributed by atoms with Gasteiger partial charge in [-0.2, -0.15) is 4.31 Å². The van der Waals surface area contributed by atoms with Gasteiger partial charge in [-0.15, -0.1) is 0 Å². The zero-order chi connectivity index (χ0) is 20.7. The smallest absolute Gasteiger partial charge is 0.243 e. The lowest BCUT2D eigenvalue weighted by Crippen LogP contribution is -2.33. The number of carbonyl (C=O) groups excluding carboxylic acids is 1. The van der Waals surface area contributed by atoms with Crippen molar-refractivity contribution in [2.75, 3.05) is 7.05 Å². The van der Waals surface area contributed by atoms with E-state index in [0.29, 0.717) is 13.0 Å². The molecule has 0 saturated carbocycles. The van der Waals surface area contributed by atoms with E-state index < -0.39 is 10.0 Å². The lowest BCUT2D eigenvalue weighted by atomic mass is 10.1. The fourth-order valence-corrected chi connectivity index (χ4v) is 4.09. The Labute approximate surface area is 168 Å². The maximum Gasteiger partial charge on any atom is 0.243 e. The molecule has 0 aromatic heterocycles. The van der Waals surface area contributed by atoms with Gasteiger partial charge < -0.3 is 5.32 Å². The molecule has 0 atom stereocenters. The highest BCUT2D eigenvalue weighted by molar-refractivity contribution is 7.89. The predicted octanol–water partition coefficient (Wildman–Crippen LogP) is 3.66. The van der Waals surface area contributed by atoms with Crippen LogP contribution in [0.3, 0.4) is 0 Å². The van der Waals surface area contributed by atoms with Gasteiger partial charge in [0.2, 0.25) is 15.9 Å². The molecule has 0 spiro atoms. The SMILES string of the molecule is Cc1ccc(CCCC(=O)NCc2ccc(S(=O)(=O)N(C)C(C)C)cc2)cc1. The topological polar surface area (TPSA) is 66.5 Å². The minimum Gasteiger partial charge on any atom is -0.352 e. The molecule has 1 N–H and O–H groups in total. The number of aryl methyl sites for hydroxylation is 2. The highest BCUT2D eigenvalue weighted by atomic mass is 32.2. The molecule has 2 aromatic rings. The first-order valence-corrected chi connectivity index (χ1v) is 11.0. The van der Waals surface area contributed by atoms with Crippen molar-refractivity contribution in [1.29, 1.82) is 0 Å². The summed E-state index contributed by atoms with van der Waals surface area (Å²) in [7, 11) is -1.91. The number of sulfonamides is 1. The van der Waals surface area contributed by atoms with Gasteiger partial charge >= 0.3 is 0 Å². The number of benzene rings is 2. The van der Waals surface area contributed by atoms with Crippen molar-refractivity contribution >= 4 is 15.9 Å². The summed E-state index contributed by atoms with van der Waals surface area (Å²) in [5.74, 6) is 0.00310. The largest absolute Gasteiger partial charge is 0.352 e. The summed E-state index contributed by atoms with van der Waals surface area (Å²) in [5.41, 5.74) is 3.34. The van der Waals surface area contributed by atoms with Crippen LogP contribution in [0.4, 0.5) is 0 Å². The summed E-state index contributed by atoms with van der Waals surface area (Å²) in [6.07, 6.45) is 2.15. The highest BCUT2D eigenvalue weighted by Gasteiger charge is 2.22. The van der Waals surface area contributed by atoms with Crippen molar-refractivity contribution in [3.05, 3.63) is 65.2 Å². The molecule has 0 heterocycles. The van der Waals surface area contributed by atoms with Crippen LogP contribution in [-0.4, -0.2) is 31.7 Å². The summed E-state index contributed by atoms with van der Waals surface area (Å²) < 4.78 is 26.3. The van der Waals surface area contributed by atoms with Gasteiger partial charge in [0.25, 0.3) is 0 Å². The highest BCUT2D eigenvalue weighted by Crippen LogP contribution is 2.17. The molecule has 5 nitrogen and oxygen atoms in total. The molecule has 0 fully saturated rings. The lowest BCUT2D eigenvalue weighted by Gasteiger charge is -2.21. The van der Waals surface area contributed by atoms with E-state index >= 15 is 0 Å². The predicted molar refractivity (Wildman–Crippen MR) is 112 cm³/mol. The second kappa shape index (κ2) is 9.85. The average molecular weight is 403 g/mol. The Bertz CT molecular complexity index is 873. The second-order valence-corrected chi connectivity index (χ2v) is 9.37. The molecule has 0 unspecified atom stereocenters. The second-order valence-electron chi connectivity index (χ2n) is 7.37. The molecule has 0 aliphatic carbocycles. The first kappa shape index (κ1) is 22.1. The Balaban J connectivity index is 1.81. The van der Waals surface area contributed by atoms with E-state index in [2.05, 4.69) is 36.5 Å². The maximum atomic E-state index is 12.5. The number of hydrogen-bond donors (Lipinski definition) is 1. The number of hydrogen-bond acceptors (Lipinski definition) is 3. The van der Waals surface area contributed by atoms with Crippen LogP contribution in [0, 0.1) is 6.92 Å². The number of amides is 1. The van der Waals surface area contributed by atoms with Crippen LogP contribution >= 0.6 is 0 Å². The van der Waals surface area contributed by atoms with Crippen molar-refractivity contribution in [2.24, 2.45) is 0 Å². The Hall–Kier alpha value is -2.18. The normalized spacial score (nSPS) is 11.8. The van der Waals surface area contributed by atoms with E-state index in [9.17, 15) is 13.2 Å². The van der Waals surface area contributed by atoms with Crippen molar-refractivity contribution in [3.63, 3.8) is 0 Å². The number of carbonyl (C=O) groups is 1. The Morgan fingerprint density at radius 2 is 1.57 bits per heavy atom. The van der Waals surface area contributed by atoms with Gasteiger partial charge in [-0.3, -0.25) is 4.79 Å². The first-order chi connectivity index (χ1) is 13.2. The Morgan fingerprint density at radius 3 is 2.14 bits per heavy atom. The van der Waals surface area contributed by atoms with Gasteiger partial charge in [-0.05, 0) is 56.9 Å². The summed E-state index contributed by atoms with van der Waals surface area (Å²) in [6.45, 7) is 6.12. The molecular weight excluding hydrogens is 372 g/mol. The van der Waals surface area contributed by atoms with E-state index in [1.54, 1.807) is 31.3 Å². The maximum absolute atomic E-state index is 12.5. The monoisotopic (exact) mass is 402 g/mol. The van der Waals surface area contributed by atoms with Gasteiger partial charge in [0, 0.05) is 26.1 Å². The Kier molecular flexibility index (Phi) is 7.78. The summed E-state index contributed by atoms with van der Waals surface area (Å²) in [6, 6.07) is 14.9. The fourth-order valence-electron chi connectivity index (χ4n) is 2.72. The van der Waals surface area contributed by atoms with Crippen LogP contribution < -0.4 is 5.32 Å². The van der Waals surface area contributed by atoms with Crippen LogP contribution in [-0.2, 0) is 27.8 Å². The van der Waals surface area contributed by atoms with Crippen LogP contribution in [0.5, 0.6) is 0 Å². The molecular formula is C22H30N2O3S. The molecule has 0 bridgehead atoms. The van der Waals surface area contributed by atoms with Gasteiger partial charge in [0.05, 0.1) is 4.90 Å². The average Bonchev–Trinajstić information content (AvgIpc) is 2.67. The number of nitrogens with one attached hydrogen (secondary N) is 1. The minimum absolute atomic E-state index is 0.00310. The first-order valence-electron chi connectivity index (χ1n) is 9.59. The van der Waals surface area contributed by atoms with Crippen molar-refractivity contribution < 1.29 is 13.2 Å². The third-order valence-electron chi connectivity index (χ3n) is 4.81. The zero-order valence-corrected chi connectivity index (χ0v) is 17.9. The van der Waals surface area contributed by atoms with Crippen molar-refractivity contribution in [2.45, 2.75) is 57.5 Å². The van der Waals surface area contributed by atoms with Crippen LogP contribution in [0.2, 0.25) is 0 Å². The molecule has 0 aliphatic rings. The van der Waals surface area contributed by atoms with E-state index in [1.165, 1.54) is 15.4 Å². The number of rotatable bonds is 9. The third-order valence-corrected chi connectivity index (χ3v) is 6.85. The van der Waals surface area contributed by atoms with Gasteiger partial charge in [-0.1, -0.05) is 42.0 Å². The molecule has 2 aromatic carbocycles. The molecule has 6 heteroatoms. The van der Waals surface area contributed by atoms with E-state index in [-0.39, 0.29) is 16.8 Å². The number of nitrogens with zero attached hydrogens (tertiary/aromatic N) is 1. The molecule has 152 valence electrons. The van der Waals surface area contributed by atoms with E-state index in [0.717, 1.165) is 18.4 Å². The van der Waals surface area contributed by atoms with Crippen molar-refractivity contribution in [1.82, 2.24) is 9.62 Å². The third kappa shape index (κ3) is 6.17. The quantitative estimate of drug-likeness (QED) is 0.696. The molecule has 1 amide bonds. The van der Waals surface area contributed by atoms with Crippen molar-refractivity contribution in [3.8, 4) is 0 Å². The fraction of sp³-hybridized carbons (Fsp3) is 0.409. The minimum atomic E-state index is -3.48. The molecule has 0 aliphatic heterocycles. The van der Waals surface area contributed by atoms with Crippen LogP contribution in [0.25, 0.3) is 0 Å².